The standard InChI is InChI=1S/C21H21N3O3/c22-13-16-2-4-17(5-3-16)14-23-8-1-9-24(11-10-23)21(25)18-6-7-19-20(12-18)27-15-26-19/h2-7,12H,1,8-11,14-15H2. The van der Waals surface area contributed by atoms with Crippen molar-refractivity contribution in [2.45, 2.75) is 13.0 Å². The number of hydrogen-bond acceptors (Lipinski definition) is 5. The molecule has 138 valence electrons. The molecule has 1 amide bonds. The summed E-state index contributed by atoms with van der Waals surface area (Å²) in [4.78, 5) is 17.1. The number of hydrogen-bond donors (Lipinski definition) is 0. The summed E-state index contributed by atoms with van der Waals surface area (Å²) in [5.41, 5.74) is 2.50. The first-order valence-electron chi connectivity index (χ1n) is 9.13. The van der Waals surface area contributed by atoms with Gasteiger partial charge in [0.15, 0.2) is 11.5 Å². The molecule has 2 aromatic rings. The summed E-state index contributed by atoms with van der Waals surface area (Å²) in [6.07, 6.45) is 0.937. The Hall–Kier alpha value is -3.04. The van der Waals surface area contributed by atoms with Crippen LogP contribution in [0.3, 0.4) is 0 Å². The molecule has 0 saturated carbocycles. The highest BCUT2D eigenvalue weighted by Crippen LogP contribution is 2.32. The Morgan fingerprint density at radius 1 is 1.00 bits per heavy atom. The minimum atomic E-state index is 0.0357. The van der Waals surface area contributed by atoms with E-state index in [0.717, 1.165) is 32.6 Å². The maximum Gasteiger partial charge on any atom is 0.254 e. The third-order valence-electron chi connectivity index (χ3n) is 4.98. The van der Waals surface area contributed by atoms with Crippen molar-refractivity contribution in [1.29, 1.82) is 5.26 Å². The molecule has 2 heterocycles. The first-order valence-corrected chi connectivity index (χ1v) is 9.13. The zero-order valence-corrected chi connectivity index (χ0v) is 15.1. The molecule has 27 heavy (non-hydrogen) atoms. The van der Waals surface area contributed by atoms with Crippen LogP contribution in [0.1, 0.15) is 27.9 Å². The summed E-state index contributed by atoms with van der Waals surface area (Å²) in [5, 5.41) is 8.90. The molecular formula is C21H21N3O3. The van der Waals surface area contributed by atoms with E-state index in [-0.39, 0.29) is 12.7 Å². The van der Waals surface area contributed by atoms with Crippen LogP contribution in [-0.2, 0) is 6.54 Å². The average molecular weight is 363 g/mol. The zero-order valence-electron chi connectivity index (χ0n) is 15.1. The van der Waals surface area contributed by atoms with Crippen molar-refractivity contribution in [1.82, 2.24) is 9.80 Å². The molecule has 0 N–H and O–H groups in total. The van der Waals surface area contributed by atoms with Crippen LogP contribution in [0.2, 0.25) is 0 Å². The molecule has 0 aromatic heterocycles. The highest BCUT2D eigenvalue weighted by atomic mass is 16.7. The van der Waals surface area contributed by atoms with E-state index in [1.165, 1.54) is 5.56 Å². The van der Waals surface area contributed by atoms with E-state index in [0.29, 0.717) is 29.2 Å². The fraction of sp³-hybridized carbons (Fsp3) is 0.333. The van der Waals surface area contributed by atoms with Gasteiger partial charge < -0.3 is 14.4 Å². The van der Waals surface area contributed by atoms with Gasteiger partial charge in [-0.25, -0.2) is 0 Å². The SMILES string of the molecule is N#Cc1ccc(CN2CCCN(C(=O)c3ccc4c(c3)OCO4)CC2)cc1. The molecule has 0 spiro atoms. The summed E-state index contributed by atoms with van der Waals surface area (Å²) in [7, 11) is 0. The van der Waals surface area contributed by atoms with Crippen LogP contribution < -0.4 is 9.47 Å². The molecule has 2 aliphatic heterocycles. The van der Waals surface area contributed by atoms with Gasteiger partial charge in [-0.1, -0.05) is 12.1 Å². The molecule has 4 rings (SSSR count). The number of amides is 1. The summed E-state index contributed by atoms with van der Waals surface area (Å²) in [5.74, 6) is 1.36. The Labute approximate surface area is 158 Å². The lowest BCUT2D eigenvalue weighted by Crippen LogP contribution is -2.35. The van der Waals surface area contributed by atoms with Crippen LogP contribution in [-0.4, -0.2) is 48.7 Å². The predicted molar refractivity (Wildman–Crippen MR) is 99.5 cm³/mol. The number of benzene rings is 2. The third kappa shape index (κ3) is 3.88. The lowest BCUT2D eigenvalue weighted by molar-refractivity contribution is 0.0760. The van der Waals surface area contributed by atoms with Gasteiger partial charge in [-0.15, -0.1) is 0 Å². The Morgan fingerprint density at radius 2 is 1.81 bits per heavy atom. The zero-order chi connectivity index (χ0) is 18.6. The Balaban J connectivity index is 1.37. The summed E-state index contributed by atoms with van der Waals surface area (Å²) >= 11 is 0. The fourth-order valence-electron chi connectivity index (χ4n) is 3.49. The largest absolute Gasteiger partial charge is 0.454 e. The molecule has 1 saturated heterocycles. The fourth-order valence-corrected chi connectivity index (χ4v) is 3.49. The number of nitrogens with zero attached hydrogens (tertiary/aromatic N) is 3. The van der Waals surface area contributed by atoms with Crippen molar-refractivity contribution >= 4 is 5.91 Å². The smallest absolute Gasteiger partial charge is 0.254 e. The maximum atomic E-state index is 12.9. The number of nitriles is 1. The number of rotatable bonds is 3. The predicted octanol–water partition coefficient (Wildman–Crippen LogP) is 2.64. The third-order valence-corrected chi connectivity index (χ3v) is 4.98. The van der Waals surface area contributed by atoms with Crippen LogP contribution in [0.5, 0.6) is 11.5 Å². The number of fused-ring (bicyclic) bond motifs is 1. The van der Waals surface area contributed by atoms with Crippen LogP contribution in [0.25, 0.3) is 0 Å². The molecule has 0 radical (unpaired) electrons. The molecular weight excluding hydrogens is 342 g/mol. The molecule has 1 fully saturated rings. The van der Waals surface area contributed by atoms with Gasteiger partial charge in [-0.3, -0.25) is 9.69 Å². The number of carbonyl (C=O) groups excluding carboxylic acids is 1. The minimum absolute atomic E-state index is 0.0357. The molecule has 6 heteroatoms. The van der Waals surface area contributed by atoms with Gasteiger partial charge in [-0.2, -0.15) is 5.26 Å². The van der Waals surface area contributed by atoms with Gasteiger partial charge in [0.25, 0.3) is 5.91 Å². The van der Waals surface area contributed by atoms with Gasteiger partial charge in [-0.05, 0) is 42.3 Å². The maximum absolute atomic E-state index is 12.9. The van der Waals surface area contributed by atoms with Gasteiger partial charge in [0.2, 0.25) is 6.79 Å². The highest BCUT2D eigenvalue weighted by molar-refractivity contribution is 5.95. The van der Waals surface area contributed by atoms with Crippen LogP contribution in [0.15, 0.2) is 42.5 Å². The van der Waals surface area contributed by atoms with Gasteiger partial charge in [0.1, 0.15) is 0 Å². The second kappa shape index (κ2) is 7.68. The molecule has 2 aromatic carbocycles. The number of ether oxygens (including phenoxy) is 2. The Morgan fingerprint density at radius 3 is 2.63 bits per heavy atom. The quantitative estimate of drug-likeness (QED) is 0.839. The topological polar surface area (TPSA) is 65.8 Å². The molecule has 0 aliphatic carbocycles. The van der Waals surface area contributed by atoms with Crippen molar-refractivity contribution < 1.29 is 14.3 Å². The molecule has 6 nitrogen and oxygen atoms in total. The summed E-state index contributed by atoms with van der Waals surface area (Å²) in [6, 6.07) is 15.2. The minimum Gasteiger partial charge on any atom is -0.454 e. The van der Waals surface area contributed by atoms with Crippen LogP contribution >= 0.6 is 0 Å². The lowest BCUT2D eigenvalue weighted by Gasteiger charge is -2.22. The van der Waals surface area contributed by atoms with E-state index in [1.807, 2.05) is 29.2 Å². The van der Waals surface area contributed by atoms with E-state index in [4.69, 9.17) is 14.7 Å². The van der Waals surface area contributed by atoms with Crippen molar-refractivity contribution in [2.24, 2.45) is 0 Å². The first kappa shape index (κ1) is 17.4. The molecule has 0 bridgehead atoms. The van der Waals surface area contributed by atoms with Crippen molar-refractivity contribution in [2.75, 3.05) is 33.0 Å². The average Bonchev–Trinajstić information content (AvgIpc) is 3.06. The van der Waals surface area contributed by atoms with Gasteiger partial charge >= 0.3 is 0 Å². The van der Waals surface area contributed by atoms with E-state index in [1.54, 1.807) is 18.2 Å². The van der Waals surface area contributed by atoms with Gasteiger partial charge in [0.05, 0.1) is 11.6 Å². The molecule has 0 unspecified atom stereocenters. The van der Waals surface area contributed by atoms with Crippen molar-refractivity contribution in [3.63, 3.8) is 0 Å². The van der Waals surface area contributed by atoms with E-state index in [9.17, 15) is 4.79 Å². The highest BCUT2D eigenvalue weighted by Gasteiger charge is 2.22. The van der Waals surface area contributed by atoms with E-state index in [2.05, 4.69) is 11.0 Å². The summed E-state index contributed by atoms with van der Waals surface area (Å²) in [6.45, 7) is 4.26. The van der Waals surface area contributed by atoms with Crippen LogP contribution in [0.4, 0.5) is 0 Å². The van der Waals surface area contributed by atoms with Crippen molar-refractivity contribution in [3.8, 4) is 17.6 Å². The van der Waals surface area contributed by atoms with Crippen molar-refractivity contribution in [3.05, 3.63) is 59.2 Å². The Bertz CT molecular complexity index is 873. The first-order chi connectivity index (χ1) is 13.2. The second-order valence-corrected chi connectivity index (χ2v) is 6.80. The molecule has 0 atom stereocenters. The van der Waals surface area contributed by atoms with E-state index >= 15 is 0 Å². The lowest BCUT2D eigenvalue weighted by atomic mass is 10.1. The van der Waals surface area contributed by atoms with Gasteiger partial charge in [0, 0.05) is 38.3 Å². The van der Waals surface area contributed by atoms with Crippen LogP contribution in [0, 0.1) is 11.3 Å². The summed E-state index contributed by atoms with van der Waals surface area (Å²) < 4.78 is 10.7. The number of carbonyl (C=O) groups is 1. The second-order valence-electron chi connectivity index (χ2n) is 6.80. The normalized spacial score (nSPS) is 16.6. The monoisotopic (exact) mass is 363 g/mol. The Kier molecular flexibility index (Phi) is 4.95. The van der Waals surface area contributed by atoms with E-state index < -0.39 is 0 Å². The molecule has 2 aliphatic rings.